The van der Waals surface area contributed by atoms with Crippen molar-refractivity contribution in [2.45, 2.75) is 6.54 Å². The molecule has 0 atom stereocenters. The number of hydrogen-bond acceptors (Lipinski definition) is 5. The zero-order chi connectivity index (χ0) is 21.8. The molecule has 6 heteroatoms. The van der Waals surface area contributed by atoms with Crippen molar-refractivity contribution in [1.29, 1.82) is 0 Å². The number of aromatic nitrogens is 2. The Bertz CT molecular complexity index is 1170. The van der Waals surface area contributed by atoms with Crippen LogP contribution in [0.4, 0.5) is 11.4 Å². The van der Waals surface area contributed by atoms with Crippen molar-refractivity contribution in [3.8, 4) is 0 Å². The van der Waals surface area contributed by atoms with Gasteiger partial charge in [-0.1, -0.05) is 30.9 Å². The first-order valence-corrected chi connectivity index (χ1v) is 11.3. The SMILES string of the molecule is C=C1C=CC(CN(Cc2ccc(N(C)C)cc2)c2ccc3nc[nH]c3c2)=C/C1=N/SC. The maximum absolute atomic E-state index is 4.51. The highest BCUT2D eigenvalue weighted by atomic mass is 32.2. The van der Waals surface area contributed by atoms with Gasteiger partial charge in [-0.15, -0.1) is 0 Å². The van der Waals surface area contributed by atoms with Crippen LogP contribution >= 0.6 is 11.9 Å². The zero-order valence-corrected chi connectivity index (χ0v) is 19.0. The first kappa shape index (κ1) is 21.0. The van der Waals surface area contributed by atoms with Crippen LogP contribution in [0.25, 0.3) is 11.0 Å². The van der Waals surface area contributed by atoms with Gasteiger partial charge in [-0.25, -0.2) is 9.38 Å². The number of fused-ring (bicyclic) bond motifs is 1. The normalized spacial score (nSPS) is 14.9. The highest BCUT2D eigenvalue weighted by Crippen LogP contribution is 2.25. The molecule has 0 saturated carbocycles. The lowest BCUT2D eigenvalue weighted by Gasteiger charge is -2.27. The van der Waals surface area contributed by atoms with Crippen LogP contribution in [0.1, 0.15) is 5.56 Å². The molecule has 1 N–H and O–H groups in total. The third-order valence-corrected chi connectivity index (χ3v) is 5.69. The standard InChI is InChI=1S/C25H27N5S/c1-18-5-6-20(13-24(18)28-31-4)16-30(15-19-7-9-21(10-8-19)29(2)3)22-11-12-23-25(14-22)27-17-26-23/h5-14,17H,1,15-16H2,2-4H3,(H,26,27)/b28-24-. The number of allylic oxidation sites excluding steroid dienone is 3. The summed E-state index contributed by atoms with van der Waals surface area (Å²) in [6.45, 7) is 5.67. The molecule has 0 saturated heterocycles. The minimum atomic E-state index is 0.770. The van der Waals surface area contributed by atoms with Crippen molar-refractivity contribution in [3.05, 3.63) is 90.3 Å². The summed E-state index contributed by atoms with van der Waals surface area (Å²) in [5.41, 5.74) is 8.71. The van der Waals surface area contributed by atoms with E-state index in [0.717, 1.165) is 41.1 Å². The number of H-pyrrole nitrogens is 1. The van der Waals surface area contributed by atoms with Crippen LogP contribution in [-0.2, 0) is 6.54 Å². The summed E-state index contributed by atoms with van der Waals surface area (Å²) in [7, 11) is 4.12. The second-order valence-corrected chi connectivity index (χ2v) is 8.31. The molecule has 4 rings (SSSR count). The Labute approximate surface area is 188 Å². The second kappa shape index (κ2) is 9.27. The lowest BCUT2D eigenvalue weighted by molar-refractivity contribution is 0.853. The molecule has 0 fully saturated rings. The minimum Gasteiger partial charge on any atom is -0.378 e. The van der Waals surface area contributed by atoms with Crippen molar-refractivity contribution >= 4 is 40.1 Å². The first-order valence-electron chi connectivity index (χ1n) is 10.2. The zero-order valence-electron chi connectivity index (χ0n) is 18.2. The van der Waals surface area contributed by atoms with Crippen LogP contribution in [0.3, 0.4) is 0 Å². The van der Waals surface area contributed by atoms with Gasteiger partial charge in [0.05, 0.1) is 23.1 Å². The number of anilines is 2. The van der Waals surface area contributed by atoms with Gasteiger partial charge in [0.1, 0.15) is 0 Å². The molecule has 1 aliphatic carbocycles. The Hall–Kier alpha value is -3.25. The first-order chi connectivity index (χ1) is 15.0. The maximum atomic E-state index is 4.51. The van der Waals surface area contributed by atoms with Crippen LogP contribution in [0.2, 0.25) is 0 Å². The van der Waals surface area contributed by atoms with Gasteiger partial charge in [-0.2, -0.15) is 0 Å². The summed E-state index contributed by atoms with van der Waals surface area (Å²) < 4.78 is 4.51. The highest BCUT2D eigenvalue weighted by molar-refractivity contribution is 7.97. The summed E-state index contributed by atoms with van der Waals surface area (Å²) in [5.74, 6) is 0. The molecule has 1 heterocycles. The smallest absolute Gasteiger partial charge is 0.0931 e. The van der Waals surface area contributed by atoms with E-state index < -0.39 is 0 Å². The van der Waals surface area contributed by atoms with Crippen molar-refractivity contribution in [2.75, 3.05) is 36.7 Å². The molecule has 2 aromatic carbocycles. The number of nitrogens with one attached hydrogen (secondary N) is 1. The van der Waals surface area contributed by atoms with E-state index in [0.29, 0.717) is 0 Å². The average molecular weight is 430 g/mol. The van der Waals surface area contributed by atoms with Gasteiger partial charge in [-0.3, -0.25) is 0 Å². The minimum absolute atomic E-state index is 0.770. The summed E-state index contributed by atoms with van der Waals surface area (Å²) >= 11 is 1.46. The number of benzene rings is 2. The van der Waals surface area contributed by atoms with Gasteiger partial charge in [0, 0.05) is 44.8 Å². The Morgan fingerprint density at radius 3 is 2.55 bits per heavy atom. The van der Waals surface area contributed by atoms with E-state index in [-0.39, 0.29) is 0 Å². The van der Waals surface area contributed by atoms with Crippen LogP contribution in [0.5, 0.6) is 0 Å². The van der Waals surface area contributed by atoms with Gasteiger partial charge < -0.3 is 14.8 Å². The largest absolute Gasteiger partial charge is 0.378 e. The van der Waals surface area contributed by atoms with Gasteiger partial charge in [0.2, 0.25) is 0 Å². The molecular formula is C25H27N5S. The quantitative estimate of drug-likeness (QED) is 0.511. The summed E-state index contributed by atoms with van der Waals surface area (Å²) in [4.78, 5) is 12.1. The molecule has 0 unspecified atom stereocenters. The number of hydrogen-bond donors (Lipinski definition) is 1. The Balaban J connectivity index is 1.65. The van der Waals surface area contributed by atoms with Crippen molar-refractivity contribution in [1.82, 2.24) is 9.97 Å². The van der Waals surface area contributed by atoms with E-state index in [9.17, 15) is 0 Å². The van der Waals surface area contributed by atoms with Crippen LogP contribution in [0, 0.1) is 0 Å². The fourth-order valence-corrected chi connectivity index (χ4v) is 3.96. The van der Waals surface area contributed by atoms with Gasteiger partial charge in [0.15, 0.2) is 0 Å². The Kier molecular flexibility index (Phi) is 6.28. The van der Waals surface area contributed by atoms with E-state index in [4.69, 9.17) is 0 Å². The van der Waals surface area contributed by atoms with Crippen LogP contribution < -0.4 is 9.80 Å². The topological polar surface area (TPSA) is 47.5 Å². The predicted molar refractivity (Wildman–Crippen MR) is 135 cm³/mol. The van der Waals surface area contributed by atoms with Crippen molar-refractivity contribution in [2.24, 2.45) is 4.40 Å². The molecule has 0 bridgehead atoms. The molecule has 1 aliphatic rings. The predicted octanol–water partition coefficient (Wildman–Crippen LogP) is 5.41. The van der Waals surface area contributed by atoms with E-state index in [1.165, 1.54) is 28.8 Å². The summed E-state index contributed by atoms with van der Waals surface area (Å²) in [5, 5.41) is 0. The van der Waals surface area contributed by atoms with Crippen LogP contribution in [-0.4, -0.2) is 42.6 Å². The molecule has 0 amide bonds. The maximum Gasteiger partial charge on any atom is 0.0931 e. The Morgan fingerprint density at radius 1 is 1.03 bits per heavy atom. The molecule has 0 spiro atoms. The number of nitrogens with zero attached hydrogens (tertiary/aromatic N) is 4. The van der Waals surface area contributed by atoms with Gasteiger partial charge in [-0.05, 0) is 65.1 Å². The second-order valence-electron chi connectivity index (χ2n) is 7.76. The third kappa shape index (κ3) is 4.91. The molecular weight excluding hydrogens is 402 g/mol. The highest BCUT2D eigenvalue weighted by Gasteiger charge is 2.14. The number of aromatic amines is 1. The van der Waals surface area contributed by atoms with E-state index >= 15 is 0 Å². The molecule has 0 aliphatic heterocycles. The molecule has 1 aromatic heterocycles. The lowest BCUT2D eigenvalue weighted by atomic mass is 10.0. The van der Waals surface area contributed by atoms with Crippen LogP contribution in [0.15, 0.2) is 89.1 Å². The molecule has 158 valence electrons. The van der Waals surface area contributed by atoms with Crippen molar-refractivity contribution in [3.63, 3.8) is 0 Å². The fraction of sp³-hybridized carbons (Fsp3) is 0.200. The Morgan fingerprint density at radius 2 is 1.81 bits per heavy atom. The van der Waals surface area contributed by atoms with E-state index in [1.807, 2.05) is 12.3 Å². The number of rotatable bonds is 7. The van der Waals surface area contributed by atoms with Gasteiger partial charge >= 0.3 is 0 Å². The molecule has 3 aromatic rings. The van der Waals surface area contributed by atoms with E-state index in [1.54, 1.807) is 6.33 Å². The van der Waals surface area contributed by atoms with E-state index in [2.05, 4.69) is 99.5 Å². The third-order valence-electron chi connectivity index (χ3n) is 5.31. The molecule has 0 radical (unpaired) electrons. The van der Waals surface area contributed by atoms with Crippen molar-refractivity contribution < 1.29 is 0 Å². The average Bonchev–Trinajstić information content (AvgIpc) is 3.24. The number of imidazole rings is 1. The fourth-order valence-electron chi connectivity index (χ4n) is 3.59. The molecule has 31 heavy (non-hydrogen) atoms. The molecule has 5 nitrogen and oxygen atoms in total. The summed E-state index contributed by atoms with van der Waals surface area (Å²) in [6.07, 6.45) is 10.0. The summed E-state index contributed by atoms with van der Waals surface area (Å²) in [6, 6.07) is 15.1. The monoisotopic (exact) mass is 429 g/mol. The lowest BCUT2D eigenvalue weighted by Crippen LogP contribution is -2.26. The van der Waals surface area contributed by atoms with Gasteiger partial charge in [0.25, 0.3) is 0 Å².